The van der Waals surface area contributed by atoms with Gasteiger partial charge in [0.25, 0.3) is 0 Å². The predicted octanol–water partition coefficient (Wildman–Crippen LogP) is 16.7. The molecule has 73 heavy (non-hydrogen) atoms. The van der Waals surface area contributed by atoms with Crippen LogP contribution in [-0.4, -0.2) is 24.9 Å². The maximum Gasteiger partial charge on any atom is 0.164 e. The van der Waals surface area contributed by atoms with Gasteiger partial charge in [-0.05, 0) is 80.6 Å². The van der Waals surface area contributed by atoms with Crippen molar-refractivity contribution < 1.29 is 0 Å². The van der Waals surface area contributed by atoms with Crippen molar-refractivity contribution in [2.45, 2.75) is 5.41 Å². The average molecular weight is 949 g/mol. The molecule has 0 N–H and O–H groups in total. The maximum absolute atomic E-state index is 5.62. The number of anilines is 3. The molecule has 6 nitrogen and oxygen atoms in total. The van der Waals surface area contributed by atoms with Crippen LogP contribution in [0, 0.1) is 0 Å². The third-order valence-electron chi connectivity index (χ3n) is 14.7. The number of fused-ring (bicyclic) bond motifs is 13. The highest BCUT2D eigenvalue weighted by atomic mass is 32.1. The van der Waals surface area contributed by atoms with Gasteiger partial charge in [0.2, 0.25) is 0 Å². The van der Waals surface area contributed by atoms with Crippen LogP contribution in [0.1, 0.15) is 22.3 Å². The lowest BCUT2D eigenvalue weighted by Crippen LogP contribution is -2.36. The van der Waals surface area contributed by atoms with Crippen LogP contribution >= 0.6 is 11.3 Å². The van der Waals surface area contributed by atoms with Crippen molar-refractivity contribution in [3.63, 3.8) is 0 Å². The first-order valence-electron chi connectivity index (χ1n) is 24.6. The van der Waals surface area contributed by atoms with Crippen molar-refractivity contribution >= 4 is 59.5 Å². The summed E-state index contributed by atoms with van der Waals surface area (Å²) in [5.41, 5.74) is 16.1. The summed E-state index contributed by atoms with van der Waals surface area (Å²) in [6.07, 6.45) is 0. The van der Waals surface area contributed by atoms with Gasteiger partial charge in [-0.3, -0.25) is 0 Å². The van der Waals surface area contributed by atoms with E-state index in [9.17, 15) is 0 Å². The van der Waals surface area contributed by atoms with Crippen LogP contribution in [0.15, 0.2) is 243 Å². The molecule has 15 rings (SSSR count). The summed E-state index contributed by atoms with van der Waals surface area (Å²) in [4.78, 5) is 29.4. The molecule has 7 heteroatoms. The van der Waals surface area contributed by atoms with Crippen LogP contribution in [0.2, 0.25) is 0 Å². The van der Waals surface area contributed by atoms with E-state index in [2.05, 4.69) is 211 Å². The van der Waals surface area contributed by atoms with Crippen molar-refractivity contribution in [3.8, 4) is 67.9 Å². The third-order valence-corrected chi connectivity index (χ3v) is 15.9. The molecular weight excluding hydrogens is 909 g/mol. The molecule has 4 heterocycles. The van der Waals surface area contributed by atoms with Gasteiger partial charge >= 0.3 is 0 Å². The second-order valence-corrected chi connectivity index (χ2v) is 19.7. The number of hydrogen-bond donors (Lipinski definition) is 0. The number of aromatic nitrogens is 5. The Morgan fingerprint density at radius 3 is 1.63 bits per heavy atom. The highest BCUT2D eigenvalue weighted by molar-refractivity contribution is 7.26. The van der Waals surface area contributed by atoms with E-state index in [4.69, 9.17) is 24.9 Å². The summed E-state index contributed by atoms with van der Waals surface area (Å²) in [5.74, 6) is 2.49. The Morgan fingerprint density at radius 2 is 0.904 bits per heavy atom. The fraction of sp³-hybridized carbons (Fsp3) is 0.0152. The lowest BCUT2D eigenvalue weighted by molar-refractivity contribution is 0.752. The molecule has 2 aliphatic rings. The van der Waals surface area contributed by atoms with Crippen molar-refractivity contribution in [3.05, 3.63) is 265 Å². The molecule has 0 amide bonds. The van der Waals surface area contributed by atoms with Crippen molar-refractivity contribution in [2.75, 3.05) is 4.90 Å². The van der Waals surface area contributed by atoms with Crippen LogP contribution < -0.4 is 4.90 Å². The number of hydrogen-bond acceptors (Lipinski definition) is 7. The fourth-order valence-corrected chi connectivity index (χ4v) is 12.8. The average Bonchev–Trinajstić information content (AvgIpc) is 4.00. The zero-order valence-electron chi connectivity index (χ0n) is 39.2. The van der Waals surface area contributed by atoms with E-state index in [1.165, 1.54) is 26.8 Å². The molecular formula is C66H40N6S. The summed E-state index contributed by atoms with van der Waals surface area (Å²) in [5, 5.41) is 3.45. The SMILES string of the molecule is c1ccc(-c2nc(-c3ccccc3)nc(-c3cccc4c3-c3cc(-c5nc(-c6cccc7ccccc67)c6sc7ccccc7c6n5)ccc3C43c4ccccc4N(c4ccccc4)c4ccccc43)n2)cc1. The van der Waals surface area contributed by atoms with E-state index in [1.54, 1.807) is 11.3 Å². The Bertz CT molecular complexity index is 4230. The van der Waals surface area contributed by atoms with Crippen LogP contribution in [0.25, 0.3) is 99.0 Å². The standard InChI is InChI=1S/C66H40N6S/c1-4-21-42(22-5-1)62-69-63(43-23-6-2-7-24-43)71-65(70-62)49-31-19-34-54-58(49)50-40-44(64-67-59(47-30-18-25-41-20-10-11-28-46(41)47)61-60(68-64)48-29-12-17-37-57(48)73-61)38-39-51(50)66(54)52-32-13-15-35-55(52)72(45-26-8-3-9-27-45)56-36-16-14-33-53(56)66/h1-40H. The lowest BCUT2D eigenvalue weighted by Gasteiger charge is -2.45. The van der Waals surface area contributed by atoms with Crippen molar-refractivity contribution in [2.24, 2.45) is 0 Å². The lowest BCUT2D eigenvalue weighted by atomic mass is 9.64. The first kappa shape index (κ1) is 41.4. The quantitative estimate of drug-likeness (QED) is 0.165. The maximum atomic E-state index is 5.62. The van der Waals surface area contributed by atoms with Gasteiger partial charge < -0.3 is 4.90 Å². The molecule has 13 aromatic rings. The Labute approximate surface area is 425 Å². The third kappa shape index (κ3) is 6.25. The molecule has 0 radical (unpaired) electrons. The van der Waals surface area contributed by atoms with Gasteiger partial charge in [-0.1, -0.05) is 206 Å². The Kier molecular flexibility index (Phi) is 9.24. The highest BCUT2D eigenvalue weighted by Gasteiger charge is 2.52. The zero-order valence-corrected chi connectivity index (χ0v) is 40.0. The fourth-order valence-electron chi connectivity index (χ4n) is 11.6. The van der Waals surface area contributed by atoms with Gasteiger partial charge in [0.15, 0.2) is 23.3 Å². The topological polar surface area (TPSA) is 67.7 Å². The molecule has 10 aromatic carbocycles. The molecule has 0 saturated carbocycles. The van der Waals surface area contributed by atoms with Crippen LogP contribution in [0.3, 0.4) is 0 Å². The molecule has 0 fully saturated rings. The van der Waals surface area contributed by atoms with Gasteiger partial charge in [-0.15, -0.1) is 11.3 Å². The molecule has 1 spiro atoms. The second kappa shape index (κ2) is 16.3. The number of benzene rings is 10. The van der Waals surface area contributed by atoms with E-state index < -0.39 is 5.41 Å². The first-order valence-corrected chi connectivity index (χ1v) is 25.4. The van der Waals surface area contributed by atoms with Gasteiger partial charge in [-0.2, -0.15) is 0 Å². The summed E-state index contributed by atoms with van der Waals surface area (Å²) >= 11 is 1.76. The summed E-state index contributed by atoms with van der Waals surface area (Å²) in [6, 6.07) is 86.3. The Morgan fingerprint density at radius 1 is 0.356 bits per heavy atom. The van der Waals surface area contributed by atoms with E-state index in [1.807, 2.05) is 36.4 Å². The first-order chi connectivity index (χ1) is 36.2. The summed E-state index contributed by atoms with van der Waals surface area (Å²) < 4.78 is 2.26. The van der Waals surface area contributed by atoms with E-state index in [-0.39, 0.29) is 0 Å². The minimum absolute atomic E-state index is 0.599. The molecule has 0 bridgehead atoms. The molecule has 0 saturated heterocycles. The van der Waals surface area contributed by atoms with Gasteiger partial charge in [0.05, 0.1) is 32.7 Å². The molecule has 0 atom stereocenters. The van der Waals surface area contributed by atoms with Gasteiger partial charge in [0, 0.05) is 43.6 Å². The number of rotatable bonds is 6. The highest BCUT2D eigenvalue weighted by Crippen LogP contribution is 2.65. The van der Waals surface area contributed by atoms with Gasteiger partial charge in [0.1, 0.15) is 0 Å². The Balaban J connectivity index is 1.04. The monoisotopic (exact) mass is 948 g/mol. The van der Waals surface area contributed by atoms with Crippen LogP contribution in [0.4, 0.5) is 17.1 Å². The Hall–Kier alpha value is -9.43. The van der Waals surface area contributed by atoms with E-state index >= 15 is 0 Å². The predicted molar refractivity (Wildman–Crippen MR) is 299 cm³/mol. The normalized spacial score (nSPS) is 13.0. The largest absolute Gasteiger partial charge is 0.310 e. The molecule has 1 aliphatic carbocycles. The molecule has 340 valence electrons. The zero-order chi connectivity index (χ0) is 48.0. The minimum atomic E-state index is -0.738. The number of thiophene rings is 1. The van der Waals surface area contributed by atoms with E-state index in [0.717, 1.165) is 88.3 Å². The smallest absolute Gasteiger partial charge is 0.164 e. The van der Waals surface area contributed by atoms with Crippen molar-refractivity contribution in [1.29, 1.82) is 0 Å². The minimum Gasteiger partial charge on any atom is -0.310 e. The molecule has 0 unspecified atom stereocenters. The second-order valence-electron chi connectivity index (χ2n) is 18.7. The summed E-state index contributed by atoms with van der Waals surface area (Å²) in [6.45, 7) is 0. The van der Waals surface area contributed by atoms with E-state index in [0.29, 0.717) is 23.3 Å². The van der Waals surface area contributed by atoms with Crippen molar-refractivity contribution in [1.82, 2.24) is 24.9 Å². The van der Waals surface area contributed by atoms with Crippen LogP contribution in [-0.2, 0) is 5.41 Å². The number of nitrogens with zero attached hydrogens (tertiary/aromatic N) is 6. The van der Waals surface area contributed by atoms with Crippen LogP contribution in [0.5, 0.6) is 0 Å². The summed E-state index contributed by atoms with van der Waals surface area (Å²) in [7, 11) is 0. The number of para-hydroxylation sites is 3. The molecule has 3 aromatic heterocycles. The molecule has 1 aliphatic heterocycles. The van der Waals surface area contributed by atoms with Gasteiger partial charge in [-0.25, -0.2) is 24.9 Å².